The Morgan fingerprint density at radius 1 is 1.15 bits per heavy atom. The number of nitrogens with zero attached hydrogens (tertiary/aromatic N) is 3. The normalized spacial score (nSPS) is 13.7. The lowest BCUT2D eigenvalue weighted by Crippen LogP contribution is -2.30. The maximum Gasteiger partial charge on any atom is 0.276 e. The van der Waals surface area contributed by atoms with Gasteiger partial charge < -0.3 is 10.2 Å². The van der Waals surface area contributed by atoms with Gasteiger partial charge in [0.25, 0.3) is 5.91 Å². The fourth-order valence-corrected chi connectivity index (χ4v) is 3.50. The first-order valence-corrected chi connectivity index (χ1v) is 9.36. The Bertz CT molecular complexity index is 987. The van der Waals surface area contributed by atoms with Crippen molar-refractivity contribution < 1.29 is 9.59 Å². The molecule has 1 aliphatic rings. The van der Waals surface area contributed by atoms with E-state index < -0.39 is 0 Å². The van der Waals surface area contributed by atoms with Gasteiger partial charge in [-0.3, -0.25) is 9.59 Å². The number of hydrogen-bond acceptors (Lipinski definition) is 3. The summed E-state index contributed by atoms with van der Waals surface area (Å²) in [7, 11) is 0. The molecule has 0 radical (unpaired) electrons. The molecule has 1 fully saturated rings. The average molecular weight is 446 g/mol. The lowest BCUT2D eigenvalue weighted by atomic mass is 10.1. The molecule has 1 N–H and O–H groups in total. The van der Waals surface area contributed by atoms with E-state index in [0.29, 0.717) is 5.02 Å². The van der Waals surface area contributed by atoms with Crippen LogP contribution in [-0.4, -0.2) is 39.7 Å². The van der Waals surface area contributed by atoms with Crippen LogP contribution >= 0.6 is 27.5 Å². The molecule has 27 heavy (non-hydrogen) atoms. The smallest absolute Gasteiger partial charge is 0.276 e. The number of nitrogens with one attached hydrogen (secondary N) is 1. The topological polar surface area (TPSA) is 67.2 Å². The molecular formula is C19H14BrClN4O2. The van der Waals surface area contributed by atoms with Crippen molar-refractivity contribution in [2.24, 2.45) is 0 Å². The molecule has 8 heteroatoms. The second-order valence-corrected chi connectivity index (χ2v) is 7.43. The van der Waals surface area contributed by atoms with E-state index in [1.165, 1.54) is 4.90 Å². The fraction of sp³-hybridized carbons (Fsp3) is 0.105. The minimum Gasteiger partial charge on any atom is -0.337 e. The van der Waals surface area contributed by atoms with Crippen LogP contribution in [0.4, 0.5) is 0 Å². The van der Waals surface area contributed by atoms with Crippen LogP contribution in [0.1, 0.15) is 10.5 Å². The summed E-state index contributed by atoms with van der Waals surface area (Å²) in [4.78, 5) is 25.6. The van der Waals surface area contributed by atoms with Gasteiger partial charge in [0.2, 0.25) is 5.91 Å². The molecule has 4 rings (SSSR count). The molecule has 0 unspecified atom stereocenters. The highest BCUT2D eigenvalue weighted by molar-refractivity contribution is 9.10. The van der Waals surface area contributed by atoms with Gasteiger partial charge in [-0.15, -0.1) is 0 Å². The number of rotatable bonds is 3. The van der Waals surface area contributed by atoms with Crippen LogP contribution in [0.2, 0.25) is 5.02 Å². The van der Waals surface area contributed by atoms with Crippen LogP contribution in [0.3, 0.4) is 0 Å². The number of amides is 2. The molecular weight excluding hydrogens is 432 g/mol. The van der Waals surface area contributed by atoms with Crippen molar-refractivity contribution in [2.75, 3.05) is 13.2 Å². The lowest BCUT2D eigenvalue weighted by molar-refractivity contribution is -0.118. The molecule has 1 aliphatic heterocycles. The lowest BCUT2D eigenvalue weighted by Gasteiger charge is -2.10. The van der Waals surface area contributed by atoms with Gasteiger partial charge in [-0.25, -0.2) is 4.68 Å². The molecule has 2 aromatic carbocycles. The molecule has 0 aliphatic carbocycles. The summed E-state index contributed by atoms with van der Waals surface area (Å²) in [6, 6.07) is 16.7. The molecule has 2 heterocycles. The predicted molar refractivity (Wildman–Crippen MR) is 106 cm³/mol. The number of carbonyl (C=O) groups is 2. The standard InChI is InChI=1S/C19H14BrClN4O2/c20-13-4-2-6-15(8-13)25-17(12-3-1-5-14(21)7-12)9-16(23-25)19(27)24-10-18(26)22-11-24/h1-9H,10-11H2,(H,22,26). The van der Waals surface area contributed by atoms with Crippen LogP contribution < -0.4 is 5.32 Å². The predicted octanol–water partition coefficient (Wildman–Crippen LogP) is 3.48. The Balaban J connectivity index is 1.82. The summed E-state index contributed by atoms with van der Waals surface area (Å²) in [6.07, 6.45) is 0. The van der Waals surface area contributed by atoms with E-state index in [-0.39, 0.29) is 30.7 Å². The van der Waals surface area contributed by atoms with Crippen molar-refractivity contribution in [3.8, 4) is 16.9 Å². The van der Waals surface area contributed by atoms with Crippen LogP contribution in [0, 0.1) is 0 Å². The Kier molecular flexibility index (Phi) is 4.72. The number of benzene rings is 2. The van der Waals surface area contributed by atoms with Crippen LogP contribution in [0.15, 0.2) is 59.1 Å². The first-order valence-electron chi connectivity index (χ1n) is 8.19. The summed E-state index contributed by atoms with van der Waals surface area (Å²) >= 11 is 9.61. The Hall–Kier alpha value is -2.64. The number of halogens is 2. The summed E-state index contributed by atoms with van der Waals surface area (Å²) in [5.41, 5.74) is 2.64. The molecule has 1 aromatic heterocycles. The average Bonchev–Trinajstić information content (AvgIpc) is 3.28. The minimum absolute atomic E-state index is 0.0368. The maximum atomic E-state index is 12.8. The van der Waals surface area contributed by atoms with Gasteiger partial charge in [0.15, 0.2) is 5.69 Å². The van der Waals surface area contributed by atoms with Crippen molar-refractivity contribution in [2.45, 2.75) is 0 Å². The quantitative estimate of drug-likeness (QED) is 0.671. The van der Waals surface area contributed by atoms with Crippen molar-refractivity contribution in [1.82, 2.24) is 20.0 Å². The van der Waals surface area contributed by atoms with Gasteiger partial charge in [0.1, 0.15) is 6.54 Å². The summed E-state index contributed by atoms with van der Waals surface area (Å²) < 4.78 is 2.60. The molecule has 0 bridgehead atoms. The zero-order valence-corrected chi connectivity index (χ0v) is 16.4. The van der Waals surface area contributed by atoms with E-state index in [1.807, 2.05) is 42.5 Å². The van der Waals surface area contributed by atoms with Crippen molar-refractivity contribution in [1.29, 1.82) is 0 Å². The van der Waals surface area contributed by atoms with Gasteiger partial charge >= 0.3 is 0 Å². The minimum atomic E-state index is -0.301. The number of hydrogen-bond donors (Lipinski definition) is 1. The van der Waals surface area contributed by atoms with Gasteiger partial charge in [-0.1, -0.05) is 45.7 Å². The third-order valence-electron chi connectivity index (χ3n) is 4.19. The highest BCUT2D eigenvalue weighted by Crippen LogP contribution is 2.28. The first kappa shape index (κ1) is 17.8. The second kappa shape index (κ2) is 7.17. The molecule has 0 saturated carbocycles. The highest BCUT2D eigenvalue weighted by atomic mass is 79.9. The third-order valence-corrected chi connectivity index (χ3v) is 4.92. The summed E-state index contributed by atoms with van der Waals surface area (Å²) in [5, 5.41) is 7.74. The van der Waals surface area contributed by atoms with Crippen LogP contribution in [0.5, 0.6) is 0 Å². The molecule has 2 amide bonds. The van der Waals surface area contributed by atoms with E-state index in [0.717, 1.165) is 21.4 Å². The first-order chi connectivity index (χ1) is 13.0. The van der Waals surface area contributed by atoms with E-state index >= 15 is 0 Å². The van der Waals surface area contributed by atoms with E-state index in [9.17, 15) is 9.59 Å². The summed E-state index contributed by atoms with van der Waals surface area (Å²) in [5.74, 6) is -0.477. The molecule has 0 atom stereocenters. The van der Waals surface area contributed by atoms with Crippen molar-refractivity contribution >= 4 is 39.3 Å². The number of aromatic nitrogens is 2. The molecule has 6 nitrogen and oxygen atoms in total. The van der Waals surface area contributed by atoms with E-state index in [2.05, 4.69) is 26.3 Å². The van der Waals surface area contributed by atoms with Gasteiger partial charge in [0, 0.05) is 15.1 Å². The molecule has 1 saturated heterocycles. The molecule has 3 aromatic rings. The molecule has 0 spiro atoms. The van der Waals surface area contributed by atoms with E-state index in [4.69, 9.17) is 11.6 Å². The number of carbonyl (C=O) groups excluding carboxylic acids is 2. The summed E-state index contributed by atoms with van der Waals surface area (Å²) in [6.45, 7) is 0.225. The van der Waals surface area contributed by atoms with Gasteiger partial charge in [-0.2, -0.15) is 5.10 Å². The van der Waals surface area contributed by atoms with Crippen LogP contribution in [0.25, 0.3) is 16.9 Å². The monoisotopic (exact) mass is 444 g/mol. The van der Waals surface area contributed by atoms with Crippen LogP contribution in [-0.2, 0) is 4.79 Å². The van der Waals surface area contributed by atoms with Crippen molar-refractivity contribution in [3.63, 3.8) is 0 Å². The second-order valence-electron chi connectivity index (χ2n) is 6.08. The third kappa shape index (κ3) is 3.61. The van der Waals surface area contributed by atoms with Gasteiger partial charge in [-0.05, 0) is 36.4 Å². The maximum absolute atomic E-state index is 12.8. The Labute approximate surface area is 168 Å². The molecule has 136 valence electrons. The van der Waals surface area contributed by atoms with Crippen molar-refractivity contribution in [3.05, 3.63) is 69.8 Å². The highest BCUT2D eigenvalue weighted by Gasteiger charge is 2.27. The zero-order valence-electron chi connectivity index (χ0n) is 14.0. The largest absolute Gasteiger partial charge is 0.337 e. The zero-order chi connectivity index (χ0) is 19.0. The Morgan fingerprint density at radius 2 is 1.96 bits per heavy atom. The van der Waals surface area contributed by atoms with E-state index in [1.54, 1.807) is 16.8 Å². The SMILES string of the molecule is O=C1CN(C(=O)c2cc(-c3cccc(Cl)c3)n(-c3cccc(Br)c3)n2)CN1. The fourth-order valence-electron chi connectivity index (χ4n) is 2.92. The van der Waals surface area contributed by atoms with Gasteiger partial charge in [0.05, 0.1) is 18.1 Å². The Morgan fingerprint density at radius 3 is 2.67 bits per heavy atom.